The summed E-state index contributed by atoms with van der Waals surface area (Å²) in [5, 5.41) is 0.754. The number of nitrogens with one attached hydrogen (secondary N) is 1. The number of rotatable bonds is 7. The van der Waals surface area contributed by atoms with Gasteiger partial charge in [0.25, 0.3) is 5.56 Å². The number of fused-ring (bicyclic) bond motifs is 1. The summed E-state index contributed by atoms with van der Waals surface area (Å²) in [6.45, 7) is 4.70. The standard InChI is InChI=1S/C27H36N2O2S/c1-18-3-6-20(7-4-18)21-8-12-23(13-9-21)31-17-26-25(28-32-24-14-15-24)16-11-22-10-5-19(2)27(30)29(22)26/h3-7,10,21,23-26,28H,8-9,11-17H2,1-2H3. The monoisotopic (exact) mass is 452 g/mol. The highest BCUT2D eigenvalue weighted by Crippen LogP contribution is 2.36. The molecule has 0 radical (unpaired) electrons. The number of aryl methyl sites for hydroxylation is 3. The molecule has 2 saturated carbocycles. The molecule has 32 heavy (non-hydrogen) atoms. The van der Waals surface area contributed by atoms with E-state index in [0.717, 1.165) is 42.2 Å². The topological polar surface area (TPSA) is 43.3 Å². The molecule has 5 heteroatoms. The molecule has 0 bridgehead atoms. The van der Waals surface area contributed by atoms with E-state index in [9.17, 15) is 4.79 Å². The molecule has 1 aromatic carbocycles. The lowest BCUT2D eigenvalue weighted by Gasteiger charge is -2.37. The predicted molar refractivity (Wildman–Crippen MR) is 132 cm³/mol. The van der Waals surface area contributed by atoms with Gasteiger partial charge in [0.05, 0.1) is 18.8 Å². The normalized spacial score (nSPS) is 27.8. The molecule has 1 aliphatic heterocycles. The van der Waals surface area contributed by atoms with E-state index in [2.05, 4.69) is 42.0 Å². The highest BCUT2D eigenvalue weighted by Gasteiger charge is 2.34. The Bertz CT molecular complexity index is 974. The Kier molecular flexibility index (Phi) is 6.77. The van der Waals surface area contributed by atoms with Gasteiger partial charge >= 0.3 is 0 Å². The SMILES string of the molecule is Cc1ccc(C2CCC(OCC3C(NSC4CC4)CCc4ccc(C)c(=O)n43)CC2)cc1. The molecule has 0 saturated heterocycles. The first kappa shape index (κ1) is 22.2. The van der Waals surface area contributed by atoms with E-state index in [4.69, 9.17) is 4.74 Å². The molecule has 4 nitrogen and oxygen atoms in total. The fourth-order valence-electron chi connectivity index (χ4n) is 5.27. The minimum absolute atomic E-state index is 0.0761. The Morgan fingerprint density at radius 2 is 1.72 bits per heavy atom. The van der Waals surface area contributed by atoms with Gasteiger partial charge in [0.1, 0.15) is 0 Å². The summed E-state index contributed by atoms with van der Waals surface area (Å²) < 4.78 is 12.3. The number of nitrogens with zero attached hydrogens (tertiary/aromatic N) is 1. The Labute approximate surface area is 196 Å². The largest absolute Gasteiger partial charge is 0.376 e. The lowest BCUT2D eigenvalue weighted by atomic mass is 9.82. The second-order valence-corrected chi connectivity index (χ2v) is 11.2. The third kappa shape index (κ3) is 5.00. The number of pyridine rings is 1. The molecule has 172 valence electrons. The number of hydrogen-bond donors (Lipinski definition) is 1. The zero-order valence-electron chi connectivity index (χ0n) is 19.4. The molecule has 1 N–H and O–H groups in total. The minimum Gasteiger partial charge on any atom is -0.376 e. The van der Waals surface area contributed by atoms with Crippen molar-refractivity contribution in [2.75, 3.05) is 6.61 Å². The van der Waals surface area contributed by atoms with E-state index in [1.54, 1.807) is 0 Å². The van der Waals surface area contributed by atoms with Crippen LogP contribution in [0, 0.1) is 13.8 Å². The van der Waals surface area contributed by atoms with E-state index in [0.29, 0.717) is 18.6 Å². The van der Waals surface area contributed by atoms with Gasteiger partial charge < -0.3 is 9.30 Å². The van der Waals surface area contributed by atoms with Crippen LogP contribution in [-0.4, -0.2) is 28.6 Å². The van der Waals surface area contributed by atoms with Crippen molar-refractivity contribution in [3.05, 3.63) is 69.1 Å². The zero-order valence-corrected chi connectivity index (χ0v) is 20.2. The number of ether oxygens (including phenoxy) is 1. The molecule has 2 atom stereocenters. The summed E-state index contributed by atoms with van der Waals surface area (Å²) >= 11 is 1.88. The van der Waals surface area contributed by atoms with E-state index < -0.39 is 0 Å². The number of benzene rings is 1. The van der Waals surface area contributed by atoms with Crippen molar-refractivity contribution >= 4 is 11.9 Å². The predicted octanol–water partition coefficient (Wildman–Crippen LogP) is 5.46. The summed E-state index contributed by atoms with van der Waals surface area (Å²) in [6, 6.07) is 13.5. The van der Waals surface area contributed by atoms with Gasteiger partial charge in [-0.05, 0) is 82.8 Å². The smallest absolute Gasteiger partial charge is 0.254 e. The van der Waals surface area contributed by atoms with Crippen molar-refractivity contribution in [1.29, 1.82) is 0 Å². The van der Waals surface area contributed by atoms with Gasteiger partial charge in [-0.25, -0.2) is 0 Å². The molecule has 0 amide bonds. The van der Waals surface area contributed by atoms with Gasteiger partial charge in [-0.3, -0.25) is 9.52 Å². The fourth-order valence-corrected chi connectivity index (χ4v) is 6.28. The maximum absolute atomic E-state index is 13.1. The van der Waals surface area contributed by atoms with Crippen LogP contribution in [0.1, 0.15) is 79.3 Å². The van der Waals surface area contributed by atoms with Crippen LogP contribution in [-0.2, 0) is 11.2 Å². The maximum atomic E-state index is 13.1. The molecular weight excluding hydrogens is 416 g/mol. The first-order chi connectivity index (χ1) is 15.6. The van der Waals surface area contributed by atoms with Crippen LogP contribution in [0.25, 0.3) is 0 Å². The van der Waals surface area contributed by atoms with Crippen molar-refractivity contribution in [3.8, 4) is 0 Å². The van der Waals surface area contributed by atoms with Crippen LogP contribution < -0.4 is 10.3 Å². The molecule has 2 aliphatic carbocycles. The molecule has 2 heterocycles. The number of hydrogen-bond acceptors (Lipinski definition) is 4. The van der Waals surface area contributed by atoms with E-state index in [-0.39, 0.29) is 17.6 Å². The first-order valence-electron chi connectivity index (χ1n) is 12.4. The highest BCUT2D eigenvalue weighted by molar-refractivity contribution is 7.98. The zero-order chi connectivity index (χ0) is 22.1. The van der Waals surface area contributed by atoms with Crippen LogP contribution in [0.4, 0.5) is 0 Å². The summed E-state index contributed by atoms with van der Waals surface area (Å²) in [7, 11) is 0. The van der Waals surface area contributed by atoms with Crippen molar-refractivity contribution in [1.82, 2.24) is 9.29 Å². The minimum atomic E-state index is 0.0761. The Morgan fingerprint density at radius 1 is 0.969 bits per heavy atom. The van der Waals surface area contributed by atoms with E-state index in [1.165, 1.54) is 36.8 Å². The second-order valence-electron chi connectivity index (χ2n) is 10.0. The lowest BCUT2D eigenvalue weighted by molar-refractivity contribution is -0.00152. The Balaban J connectivity index is 1.24. The van der Waals surface area contributed by atoms with Gasteiger partial charge in [-0.2, -0.15) is 0 Å². The van der Waals surface area contributed by atoms with Gasteiger partial charge in [-0.1, -0.05) is 47.8 Å². The Morgan fingerprint density at radius 3 is 2.44 bits per heavy atom. The molecule has 5 rings (SSSR count). The molecule has 3 aliphatic rings. The van der Waals surface area contributed by atoms with E-state index in [1.807, 2.05) is 29.5 Å². The van der Waals surface area contributed by atoms with Crippen LogP contribution in [0.3, 0.4) is 0 Å². The highest BCUT2D eigenvalue weighted by atomic mass is 32.2. The lowest BCUT2D eigenvalue weighted by Crippen LogP contribution is -2.46. The molecule has 2 unspecified atom stereocenters. The maximum Gasteiger partial charge on any atom is 0.254 e. The van der Waals surface area contributed by atoms with E-state index >= 15 is 0 Å². The average Bonchev–Trinajstić information content (AvgIpc) is 3.64. The summed E-state index contributed by atoms with van der Waals surface area (Å²) in [6.07, 6.45) is 9.54. The summed E-state index contributed by atoms with van der Waals surface area (Å²) in [4.78, 5) is 13.1. The molecule has 1 aromatic heterocycles. The van der Waals surface area contributed by atoms with Gasteiger partial charge in [0, 0.05) is 22.5 Å². The summed E-state index contributed by atoms with van der Waals surface area (Å²) in [5.74, 6) is 0.653. The van der Waals surface area contributed by atoms with Crippen molar-refractivity contribution < 1.29 is 4.74 Å². The molecule has 2 fully saturated rings. The number of aromatic nitrogens is 1. The van der Waals surface area contributed by atoms with Gasteiger partial charge in [0.2, 0.25) is 0 Å². The molecule has 0 spiro atoms. The van der Waals surface area contributed by atoms with Crippen LogP contribution in [0.15, 0.2) is 41.2 Å². The van der Waals surface area contributed by atoms with Crippen molar-refractivity contribution in [2.45, 2.75) is 94.6 Å². The van der Waals surface area contributed by atoms with Crippen LogP contribution in [0.2, 0.25) is 0 Å². The van der Waals surface area contributed by atoms with Crippen molar-refractivity contribution in [2.24, 2.45) is 0 Å². The fraction of sp³-hybridized carbons (Fsp3) is 0.593. The van der Waals surface area contributed by atoms with Crippen LogP contribution in [0.5, 0.6) is 0 Å². The van der Waals surface area contributed by atoms with Gasteiger partial charge in [-0.15, -0.1) is 0 Å². The quantitative estimate of drug-likeness (QED) is 0.566. The van der Waals surface area contributed by atoms with Crippen molar-refractivity contribution in [3.63, 3.8) is 0 Å². The first-order valence-corrected chi connectivity index (χ1v) is 13.3. The Hall–Kier alpha value is -1.56. The summed E-state index contributed by atoms with van der Waals surface area (Å²) in [5.41, 5.74) is 4.94. The van der Waals surface area contributed by atoms with Crippen LogP contribution >= 0.6 is 11.9 Å². The third-order valence-corrected chi connectivity index (χ3v) is 8.78. The third-order valence-electron chi connectivity index (χ3n) is 7.53. The molecule has 2 aromatic rings. The molecular formula is C27H36N2O2S. The average molecular weight is 453 g/mol. The van der Waals surface area contributed by atoms with Gasteiger partial charge in [0.15, 0.2) is 0 Å². The second kappa shape index (κ2) is 9.74.